The van der Waals surface area contributed by atoms with Crippen molar-refractivity contribution in [1.29, 1.82) is 0 Å². The molecular weight excluding hydrogens is 292 g/mol. The largest absolute Gasteiger partial charge is 0.325 e. The molecule has 0 bridgehead atoms. The number of thiophene rings is 1. The lowest BCUT2D eigenvalue weighted by atomic mass is 10.2. The van der Waals surface area contributed by atoms with Gasteiger partial charge >= 0.3 is 0 Å². The van der Waals surface area contributed by atoms with Crippen molar-refractivity contribution >= 4 is 35.3 Å². The molecule has 0 saturated heterocycles. The molecule has 1 aromatic carbocycles. The highest BCUT2D eigenvalue weighted by atomic mass is 35.5. The average molecular weight is 311 g/mol. The molecule has 2 rings (SSSR count). The number of halogens is 1. The van der Waals surface area contributed by atoms with Crippen LogP contribution in [0.1, 0.15) is 16.0 Å². The van der Waals surface area contributed by atoms with Crippen molar-refractivity contribution in [1.82, 2.24) is 5.32 Å². The van der Waals surface area contributed by atoms with Gasteiger partial charge in [0.1, 0.15) is 0 Å². The standard InChI is InChI=1S/C15H18N2OS.ClH/c1-11-3-5-13(6-4-11)17-15(18)10-16-9-14-12(2)7-8-19-14;/h3-8,16H,9-10H2,1-2H3,(H,17,18);1H. The van der Waals surface area contributed by atoms with Gasteiger partial charge in [-0.1, -0.05) is 17.7 Å². The summed E-state index contributed by atoms with van der Waals surface area (Å²) in [5, 5.41) is 8.09. The maximum Gasteiger partial charge on any atom is 0.238 e. The molecular formula is C15H19ClN2OS. The number of benzene rings is 1. The fourth-order valence-electron chi connectivity index (χ4n) is 1.72. The molecule has 20 heavy (non-hydrogen) atoms. The number of hydrogen-bond donors (Lipinski definition) is 2. The van der Waals surface area contributed by atoms with E-state index in [1.807, 2.05) is 31.2 Å². The summed E-state index contributed by atoms with van der Waals surface area (Å²) in [6.45, 7) is 5.17. The monoisotopic (exact) mass is 310 g/mol. The zero-order valence-corrected chi connectivity index (χ0v) is 13.2. The van der Waals surface area contributed by atoms with Gasteiger partial charge in [-0.25, -0.2) is 0 Å². The Morgan fingerprint density at radius 3 is 2.45 bits per heavy atom. The van der Waals surface area contributed by atoms with Crippen molar-refractivity contribution < 1.29 is 4.79 Å². The average Bonchev–Trinajstić information content (AvgIpc) is 2.78. The molecule has 3 nitrogen and oxygen atoms in total. The van der Waals surface area contributed by atoms with Gasteiger partial charge in [0, 0.05) is 17.1 Å². The van der Waals surface area contributed by atoms with Crippen molar-refractivity contribution in [3.05, 3.63) is 51.7 Å². The molecule has 1 amide bonds. The normalized spacial score (nSPS) is 9.90. The van der Waals surface area contributed by atoms with Gasteiger partial charge in [-0.2, -0.15) is 0 Å². The number of anilines is 1. The maximum atomic E-state index is 11.7. The van der Waals surface area contributed by atoms with Crippen molar-refractivity contribution in [3.63, 3.8) is 0 Å². The molecule has 0 aliphatic heterocycles. The van der Waals surface area contributed by atoms with Crippen molar-refractivity contribution in [2.45, 2.75) is 20.4 Å². The summed E-state index contributed by atoms with van der Waals surface area (Å²) in [5.41, 5.74) is 3.30. The van der Waals surface area contributed by atoms with Crippen molar-refractivity contribution in [2.75, 3.05) is 11.9 Å². The summed E-state index contributed by atoms with van der Waals surface area (Å²) in [4.78, 5) is 13.0. The molecule has 0 radical (unpaired) electrons. The minimum Gasteiger partial charge on any atom is -0.325 e. The predicted molar refractivity (Wildman–Crippen MR) is 87.8 cm³/mol. The lowest BCUT2D eigenvalue weighted by Crippen LogP contribution is -2.27. The van der Waals surface area contributed by atoms with Crippen LogP contribution in [-0.4, -0.2) is 12.5 Å². The van der Waals surface area contributed by atoms with Gasteiger partial charge < -0.3 is 10.6 Å². The number of amides is 1. The summed E-state index contributed by atoms with van der Waals surface area (Å²) < 4.78 is 0. The van der Waals surface area contributed by atoms with E-state index in [0.29, 0.717) is 6.54 Å². The Morgan fingerprint density at radius 2 is 1.85 bits per heavy atom. The second-order valence-corrected chi connectivity index (χ2v) is 5.55. The molecule has 1 heterocycles. The second kappa shape index (κ2) is 8.04. The van der Waals surface area contributed by atoms with E-state index in [2.05, 4.69) is 29.0 Å². The first kappa shape index (κ1) is 16.7. The molecule has 2 aromatic rings. The molecule has 108 valence electrons. The van der Waals surface area contributed by atoms with Crippen LogP contribution in [0.2, 0.25) is 0 Å². The fourth-order valence-corrected chi connectivity index (χ4v) is 2.59. The lowest BCUT2D eigenvalue weighted by Gasteiger charge is -2.07. The third-order valence-electron chi connectivity index (χ3n) is 2.87. The van der Waals surface area contributed by atoms with Gasteiger partial charge in [-0.15, -0.1) is 23.7 Å². The van der Waals surface area contributed by atoms with Gasteiger partial charge in [0.05, 0.1) is 6.54 Å². The maximum absolute atomic E-state index is 11.7. The van der Waals surface area contributed by atoms with Crippen LogP contribution >= 0.6 is 23.7 Å². The first-order valence-electron chi connectivity index (χ1n) is 6.25. The smallest absolute Gasteiger partial charge is 0.238 e. The second-order valence-electron chi connectivity index (χ2n) is 4.54. The Bertz CT molecular complexity index is 551. The number of rotatable bonds is 5. The van der Waals surface area contributed by atoms with Gasteiger partial charge in [-0.05, 0) is 43.0 Å². The third kappa shape index (κ3) is 4.96. The number of carbonyl (C=O) groups excluding carboxylic acids is 1. The van der Waals surface area contributed by atoms with E-state index in [4.69, 9.17) is 0 Å². The van der Waals surface area contributed by atoms with E-state index >= 15 is 0 Å². The van der Waals surface area contributed by atoms with Crippen LogP contribution in [0.15, 0.2) is 35.7 Å². The van der Waals surface area contributed by atoms with E-state index in [0.717, 1.165) is 12.2 Å². The van der Waals surface area contributed by atoms with Crippen LogP contribution in [0.4, 0.5) is 5.69 Å². The molecule has 2 N–H and O–H groups in total. The quantitative estimate of drug-likeness (QED) is 0.887. The topological polar surface area (TPSA) is 41.1 Å². The summed E-state index contributed by atoms with van der Waals surface area (Å²) in [6.07, 6.45) is 0. The molecule has 0 unspecified atom stereocenters. The zero-order chi connectivity index (χ0) is 13.7. The molecule has 0 aliphatic rings. The molecule has 0 saturated carbocycles. The van der Waals surface area contributed by atoms with Crippen LogP contribution in [0.3, 0.4) is 0 Å². The van der Waals surface area contributed by atoms with Crippen LogP contribution in [-0.2, 0) is 11.3 Å². The first-order chi connectivity index (χ1) is 9.15. The summed E-state index contributed by atoms with van der Waals surface area (Å²) in [5.74, 6) is -0.0157. The number of nitrogens with one attached hydrogen (secondary N) is 2. The van der Waals surface area contributed by atoms with E-state index in [1.54, 1.807) is 11.3 Å². The number of hydrogen-bond acceptors (Lipinski definition) is 3. The Morgan fingerprint density at radius 1 is 1.15 bits per heavy atom. The highest BCUT2D eigenvalue weighted by Crippen LogP contribution is 2.14. The minimum atomic E-state index is -0.0157. The summed E-state index contributed by atoms with van der Waals surface area (Å²) in [6, 6.07) is 9.89. The van der Waals surface area contributed by atoms with Crippen molar-refractivity contribution in [3.8, 4) is 0 Å². The SMILES string of the molecule is Cc1ccc(NC(=O)CNCc2sccc2C)cc1.Cl. The Labute approximate surface area is 129 Å². The Hall–Kier alpha value is -1.36. The van der Waals surface area contributed by atoms with Gasteiger partial charge in [0.25, 0.3) is 0 Å². The number of carbonyl (C=O) groups is 1. The van der Waals surface area contributed by atoms with Gasteiger partial charge in [-0.3, -0.25) is 4.79 Å². The van der Waals surface area contributed by atoms with E-state index in [9.17, 15) is 4.79 Å². The fraction of sp³-hybridized carbons (Fsp3) is 0.267. The Kier molecular flexibility index (Phi) is 6.71. The molecule has 0 atom stereocenters. The highest BCUT2D eigenvalue weighted by Gasteiger charge is 2.03. The van der Waals surface area contributed by atoms with Crippen LogP contribution < -0.4 is 10.6 Å². The van der Waals surface area contributed by atoms with Crippen LogP contribution in [0, 0.1) is 13.8 Å². The third-order valence-corrected chi connectivity index (χ3v) is 3.90. The van der Waals surface area contributed by atoms with Gasteiger partial charge in [0.2, 0.25) is 5.91 Å². The Balaban J connectivity index is 0.00000200. The molecule has 0 aliphatic carbocycles. The minimum absolute atomic E-state index is 0. The summed E-state index contributed by atoms with van der Waals surface area (Å²) >= 11 is 1.71. The molecule has 1 aromatic heterocycles. The zero-order valence-electron chi connectivity index (χ0n) is 11.6. The molecule has 0 spiro atoms. The van der Waals surface area contributed by atoms with E-state index < -0.39 is 0 Å². The lowest BCUT2D eigenvalue weighted by molar-refractivity contribution is -0.115. The predicted octanol–water partition coefficient (Wildman–Crippen LogP) is 3.52. The molecule has 5 heteroatoms. The first-order valence-corrected chi connectivity index (χ1v) is 7.13. The van der Waals surface area contributed by atoms with Crippen LogP contribution in [0.5, 0.6) is 0 Å². The molecule has 0 fully saturated rings. The van der Waals surface area contributed by atoms with Crippen LogP contribution in [0.25, 0.3) is 0 Å². The van der Waals surface area contributed by atoms with Gasteiger partial charge in [0.15, 0.2) is 0 Å². The van der Waals surface area contributed by atoms with E-state index in [1.165, 1.54) is 16.0 Å². The van der Waals surface area contributed by atoms with E-state index in [-0.39, 0.29) is 18.3 Å². The van der Waals surface area contributed by atoms with Crippen molar-refractivity contribution in [2.24, 2.45) is 0 Å². The summed E-state index contributed by atoms with van der Waals surface area (Å²) in [7, 11) is 0. The number of aryl methyl sites for hydroxylation is 2. The highest BCUT2D eigenvalue weighted by molar-refractivity contribution is 7.10.